The molecular weight excluding hydrogens is 326 g/mol. The maximum atomic E-state index is 12.4. The minimum Gasteiger partial charge on any atom is -0.497 e. The monoisotopic (exact) mass is 343 g/mol. The first kappa shape index (κ1) is 16.2. The van der Waals surface area contributed by atoms with Gasteiger partial charge in [-0.15, -0.1) is 11.3 Å². The van der Waals surface area contributed by atoms with Crippen molar-refractivity contribution in [1.29, 1.82) is 0 Å². The van der Waals surface area contributed by atoms with Gasteiger partial charge < -0.3 is 10.1 Å². The molecule has 0 aliphatic carbocycles. The van der Waals surface area contributed by atoms with Crippen LogP contribution in [-0.4, -0.2) is 28.9 Å². The number of amides is 1. The average Bonchev–Trinajstić information content (AvgIpc) is 2.97. The zero-order chi connectivity index (χ0) is 17.1. The zero-order valence-electron chi connectivity index (χ0n) is 13.4. The van der Waals surface area contributed by atoms with E-state index in [4.69, 9.17) is 4.74 Å². The molecule has 1 N–H and O–H groups in total. The van der Waals surface area contributed by atoms with Gasteiger partial charge in [-0.25, -0.2) is 4.98 Å². The first-order chi connectivity index (χ1) is 11.6. The van der Waals surface area contributed by atoms with Gasteiger partial charge in [0.05, 0.1) is 7.11 Å². The number of aryl methyl sites for hydroxylation is 1. The van der Waals surface area contributed by atoms with Crippen LogP contribution >= 0.6 is 11.3 Å². The Kier molecular flexibility index (Phi) is 4.61. The number of fused-ring (bicyclic) bond motifs is 1. The number of hydrogen-bond donors (Lipinski definition) is 1. The van der Waals surface area contributed by atoms with E-state index in [9.17, 15) is 9.59 Å². The number of benzene rings is 1. The van der Waals surface area contributed by atoms with Gasteiger partial charge in [-0.1, -0.05) is 12.1 Å². The Bertz CT molecular complexity index is 928. The molecule has 0 atom stereocenters. The van der Waals surface area contributed by atoms with E-state index < -0.39 is 5.91 Å². The fraction of sp³-hybridized carbons (Fsp3) is 0.235. The quantitative estimate of drug-likeness (QED) is 0.769. The fourth-order valence-corrected chi connectivity index (χ4v) is 3.22. The van der Waals surface area contributed by atoms with Crippen LogP contribution in [0, 0.1) is 6.92 Å². The molecule has 0 saturated carbocycles. The van der Waals surface area contributed by atoms with E-state index in [-0.39, 0.29) is 11.1 Å². The molecule has 0 aliphatic rings. The van der Waals surface area contributed by atoms with Crippen LogP contribution in [-0.2, 0) is 6.42 Å². The lowest BCUT2D eigenvalue weighted by Gasteiger charge is -2.06. The highest BCUT2D eigenvalue weighted by Gasteiger charge is 2.14. The van der Waals surface area contributed by atoms with E-state index in [0.29, 0.717) is 17.9 Å². The lowest BCUT2D eigenvalue weighted by Crippen LogP contribution is -2.32. The normalized spacial score (nSPS) is 10.8. The van der Waals surface area contributed by atoms with Gasteiger partial charge in [0.15, 0.2) is 4.96 Å². The minimum absolute atomic E-state index is 0.0590. The lowest BCUT2D eigenvalue weighted by molar-refractivity contribution is 0.0952. The number of aromatic nitrogens is 2. The van der Waals surface area contributed by atoms with Crippen LogP contribution in [0.4, 0.5) is 0 Å². The van der Waals surface area contributed by atoms with Crippen LogP contribution in [0.3, 0.4) is 0 Å². The maximum absolute atomic E-state index is 12.4. The summed E-state index contributed by atoms with van der Waals surface area (Å²) in [7, 11) is 1.62. The van der Waals surface area contributed by atoms with Gasteiger partial charge in [-0.05, 0) is 31.0 Å². The third kappa shape index (κ3) is 3.16. The molecule has 3 aromatic rings. The number of carbonyl (C=O) groups excluding carboxylic acids is 1. The molecule has 2 aromatic heterocycles. The van der Waals surface area contributed by atoms with Crippen molar-refractivity contribution in [2.75, 3.05) is 13.7 Å². The molecule has 0 unspecified atom stereocenters. The third-order valence-corrected chi connectivity index (χ3v) is 4.68. The highest BCUT2D eigenvalue weighted by atomic mass is 32.1. The van der Waals surface area contributed by atoms with Gasteiger partial charge in [0.25, 0.3) is 11.5 Å². The summed E-state index contributed by atoms with van der Waals surface area (Å²) in [5.41, 5.74) is 1.58. The molecule has 0 radical (unpaired) electrons. The number of ether oxygens (including phenoxy) is 1. The minimum atomic E-state index is -0.402. The molecule has 0 bridgehead atoms. The summed E-state index contributed by atoms with van der Waals surface area (Å²) in [6, 6.07) is 7.64. The molecule has 1 aromatic carbocycles. The van der Waals surface area contributed by atoms with Crippen molar-refractivity contribution in [2.24, 2.45) is 0 Å². The number of thiazole rings is 1. The Labute approximate surface area is 142 Å². The lowest BCUT2D eigenvalue weighted by atomic mass is 10.1. The number of nitrogens with one attached hydrogen (secondary N) is 1. The highest BCUT2D eigenvalue weighted by Crippen LogP contribution is 2.12. The molecule has 24 heavy (non-hydrogen) atoms. The third-order valence-electron chi connectivity index (χ3n) is 3.72. The van der Waals surface area contributed by atoms with Gasteiger partial charge >= 0.3 is 0 Å². The standard InChI is InChI=1S/C17H17N3O3S/c1-11-10-24-17-19-9-14(16(22)20(11)17)15(21)18-8-7-12-3-5-13(23-2)6-4-12/h3-6,9-10H,7-8H2,1-2H3,(H,18,21). The number of carbonyl (C=O) groups is 1. The van der Waals surface area contributed by atoms with Gasteiger partial charge in [-0.2, -0.15) is 0 Å². The van der Waals surface area contributed by atoms with Gasteiger partial charge in [0.2, 0.25) is 0 Å². The summed E-state index contributed by atoms with van der Waals surface area (Å²) >= 11 is 1.38. The van der Waals surface area contributed by atoms with Gasteiger partial charge in [-0.3, -0.25) is 14.0 Å². The van der Waals surface area contributed by atoms with Crippen LogP contribution in [0.5, 0.6) is 5.75 Å². The van der Waals surface area contributed by atoms with Crippen LogP contribution in [0.15, 0.2) is 40.6 Å². The zero-order valence-corrected chi connectivity index (χ0v) is 14.2. The van der Waals surface area contributed by atoms with E-state index in [1.165, 1.54) is 21.9 Å². The van der Waals surface area contributed by atoms with Crippen LogP contribution < -0.4 is 15.6 Å². The second-order valence-electron chi connectivity index (χ2n) is 5.33. The molecule has 1 amide bonds. The predicted molar refractivity (Wildman–Crippen MR) is 93.1 cm³/mol. The highest BCUT2D eigenvalue weighted by molar-refractivity contribution is 7.15. The summed E-state index contributed by atoms with van der Waals surface area (Å²) in [6.45, 7) is 2.26. The molecule has 0 spiro atoms. The first-order valence-electron chi connectivity index (χ1n) is 7.47. The van der Waals surface area contributed by atoms with Crippen molar-refractivity contribution in [3.63, 3.8) is 0 Å². The SMILES string of the molecule is COc1ccc(CCNC(=O)c2cnc3scc(C)n3c2=O)cc1. The summed E-state index contributed by atoms with van der Waals surface area (Å²) in [5.74, 6) is 0.391. The second kappa shape index (κ2) is 6.84. The molecule has 2 heterocycles. The summed E-state index contributed by atoms with van der Waals surface area (Å²) in [6.07, 6.45) is 2.01. The Balaban J connectivity index is 1.67. The van der Waals surface area contributed by atoms with E-state index in [2.05, 4.69) is 10.3 Å². The van der Waals surface area contributed by atoms with Crippen molar-refractivity contribution in [3.8, 4) is 5.75 Å². The molecule has 7 heteroatoms. The van der Waals surface area contributed by atoms with Crippen LogP contribution in [0.1, 0.15) is 21.6 Å². The van der Waals surface area contributed by atoms with Crippen molar-refractivity contribution in [3.05, 3.63) is 63.0 Å². The Morgan fingerprint density at radius 1 is 1.33 bits per heavy atom. The Morgan fingerprint density at radius 3 is 2.79 bits per heavy atom. The summed E-state index contributed by atoms with van der Waals surface area (Å²) in [4.78, 5) is 29.4. The molecule has 124 valence electrons. The number of methoxy groups -OCH3 is 1. The topological polar surface area (TPSA) is 72.7 Å². The summed E-state index contributed by atoms with van der Waals surface area (Å²) in [5, 5.41) is 4.62. The smallest absolute Gasteiger partial charge is 0.271 e. The van der Waals surface area contributed by atoms with Crippen molar-refractivity contribution >= 4 is 22.2 Å². The number of hydrogen-bond acceptors (Lipinski definition) is 5. The van der Waals surface area contributed by atoms with Crippen LogP contribution in [0.2, 0.25) is 0 Å². The van der Waals surface area contributed by atoms with Crippen molar-refractivity contribution in [2.45, 2.75) is 13.3 Å². The number of nitrogens with zero attached hydrogens (tertiary/aromatic N) is 2. The van der Waals surface area contributed by atoms with Crippen molar-refractivity contribution in [1.82, 2.24) is 14.7 Å². The largest absolute Gasteiger partial charge is 0.497 e. The molecule has 0 aliphatic heterocycles. The second-order valence-corrected chi connectivity index (χ2v) is 6.16. The first-order valence-corrected chi connectivity index (χ1v) is 8.35. The Morgan fingerprint density at radius 2 is 2.08 bits per heavy atom. The van der Waals surface area contributed by atoms with Gasteiger partial charge in [0.1, 0.15) is 11.3 Å². The molecule has 3 rings (SSSR count). The van der Waals surface area contributed by atoms with Gasteiger partial charge in [0, 0.05) is 23.8 Å². The average molecular weight is 343 g/mol. The van der Waals surface area contributed by atoms with Crippen LogP contribution in [0.25, 0.3) is 4.96 Å². The fourth-order valence-electron chi connectivity index (χ4n) is 2.39. The maximum Gasteiger partial charge on any atom is 0.271 e. The molecule has 6 nitrogen and oxygen atoms in total. The molecule has 0 saturated heterocycles. The van der Waals surface area contributed by atoms with E-state index in [0.717, 1.165) is 17.0 Å². The molecular formula is C17H17N3O3S. The molecule has 0 fully saturated rings. The van der Waals surface area contributed by atoms with E-state index in [1.54, 1.807) is 7.11 Å². The Hall–Kier alpha value is -2.67. The van der Waals surface area contributed by atoms with Crippen molar-refractivity contribution < 1.29 is 9.53 Å². The summed E-state index contributed by atoms with van der Waals surface area (Å²) < 4.78 is 6.57. The predicted octanol–water partition coefficient (Wildman–Crippen LogP) is 2.05. The van der Waals surface area contributed by atoms with E-state index in [1.807, 2.05) is 36.6 Å². The number of rotatable bonds is 5. The van der Waals surface area contributed by atoms with E-state index >= 15 is 0 Å².